The Morgan fingerprint density at radius 2 is 2.11 bits per heavy atom. The zero-order valence-corrected chi connectivity index (χ0v) is 13.0. The number of β-amino-alcohol motifs (C(OH)–C–C–N with tert-alkyl or cyclic N) is 1. The molecule has 110 valence electrons. The van der Waals surface area contributed by atoms with Gasteiger partial charge in [0.15, 0.2) is 9.84 Å². The monoisotopic (exact) mass is 307 g/mol. The first-order valence-electron chi connectivity index (χ1n) is 6.54. The molecule has 0 aromatic rings. The molecule has 2 saturated heterocycles. The van der Waals surface area contributed by atoms with Gasteiger partial charge >= 0.3 is 0 Å². The molecule has 2 aliphatic heterocycles. The Labute approximate surface area is 118 Å². The summed E-state index contributed by atoms with van der Waals surface area (Å²) in [7, 11) is -2.87. The lowest BCUT2D eigenvalue weighted by Crippen LogP contribution is -2.66. The smallest absolute Gasteiger partial charge is 0.232 e. The first-order valence-corrected chi connectivity index (χ1v) is 9.41. The standard InChI is InChI=1S/C12H21NO4S2/c1-9(2)12(15)7-13(8-12)11(14)5-18-10-3-4-19(16,17)6-10/h9-10,15H,3-8H2,1-2H3. The second-order valence-corrected chi connectivity index (χ2v) is 9.36. The summed E-state index contributed by atoms with van der Waals surface area (Å²) in [5.41, 5.74) is -0.739. The van der Waals surface area contributed by atoms with Crippen molar-refractivity contribution < 1.29 is 18.3 Å². The molecule has 1 atom stereocenters. The van der Waals surface area contributed by atoms with Crippen molar-refractivity contribution in [2.24, 2.45) is 5.92 Å². The molecular weight excluding hydrogens is 286 g/mol. The Morgan fingerprint density at radius 3 is 2.58 bits per heavy atom. The average molecular weight is 307 g/mol. The van der Waals surface area contributed by atoms with Gasteiger partial charge < -0.3 is 10.0 Å². The zero-order chi connectivity index (χ0) is 14.3. The third kappa shape index (κ3) is 3.44. The molecule has 7 heteroatoms. The quantitative estimate of drug-likeness (QED) is 0.799. The largest absolute Gasteiger partial charge is 0.386 e. The summed E-state index contributed by atoms with van der Waals surface area (Å²) < 4.78 is 22.6. The maximum Gasteiger partial charge on any atom is 0.232 e. The fourth-order valence-electron chi connectivity index (χ4n) is 2.33. The molecule has 0 aromatic carbocycles. The number of thioether (sulfide) groups is 1. The summed E-state index contributed by atoms with van der Waals surface area (Å²) in [4.78, 5) is 13.5. The van der Waals surface area contributed by atoms with Gasteiger partial charge in [0.25, 0.3) is 0 Å². The Kier molecular flexibility index (Phi) is 4.18. The van der Waals surface area contributed by atoms with Crippen molar-refractivity contribution >= 4 is 27.5 Å². The van der Waals surface area contributed by atoms with Crippen LogP contribution in [0, 0.1) is 5.92 Å². The fraction of sp³-hybridized carbons (Fsp3) is 0.917. The van der Waals surface area contributed by atoms with Crippen LogP contribution in [0.2, 0.25) is 0 Å². The number of carbonyl (C=O) groups is 1. The maximum absolute atomic E-state index is 11.9. The highest BCUT2D eigenvalue weighted by atomic mass is 32.2. The highest BCUT2D eigenvalue weighted by Crippen LogP contribution is 2.30. The van der Waals surface area contributed by atoms with E-state index in [0.717, 1.165) is 0 Å². The van der Waals surface area contributed by atoms with Crippen LogP contribution in [0.25, 0.3) is 0 Å². The van der Waals surface area contributed by atoms with Crippen LogP contribution in [0.3, 0.4) is 0 Å². The minimum absolute atomic E-state index is 0.000349. The lowest BCUT2D eigenvalue weighted by Gasteiger charge is -2.49. The molecule has 5 nitrogen and oxygen atoms in total. The lowest BCUT2D eigenvalue weighted by atomic mass is 9.83. The van der Waals surface area contributed by atoms with Crippen LogP contribution in [0.5, 0.6) is 0 Å². The highest BCUT2D eigenvalue weighted by Gasteiger charge is 2.45. The van der Waals surface area contributed by atoms with Crippen molar-refractivity contribution in [1.82, 2.24) is 4.90 Å². The summed E-state index contributed by atoms with van der Waals surface area (Å²) in [5.74, 6) is 0.897. The number of sulfone groups is 1. The van der Waals surface area contributed by atoms with Gasteiger partial charge in [-0.3, -0.25) is 4.79 Å². The van der Waals surface area contributed by atoms with Gasteiger partial charge in [0, 0.05) is 5.25 Å². The molecule has 2 fully saturated rings. The van der Waals surface area contributed by atoms with Crippen molar-refractivity contribution in [3.63, 3.8) is 0 Å². The Bertz CT molecular complexity index is 454. The molecule has 0 aromatic heterocycles. The van der Waals surface area contributed by atoms with Gasteiger partial charge in [-0.05, 0) is 12.3 Å². The van der Waals surface area contributed by atoms with Crippen LogP contribution in [0.1, 0.15) is 20.3 Å². The third-order valence-electron chi connectivity index (χ3n) is 3.99. The summed E-state index contributed by atoms with van der Waals surface area (Å²) >= 11 is 1.43. The van der Waals surface area contributed by atoms with Crippen LogP contribution in [0.15, 0.2) is 0 Å². The van der Waals surface area contributed by atoms with E-state index in [2.05, 4.69) is 0 Å². The molecule has 0 spiro atoms. The van der Waals surface area contributed by atoms with E-state index in [9.17, 15) is 18.3 Å². The molecule has 0 saturated carbocycles. The summed E-state index contributed by atoms with van der Waals surface area (Å²) in [6.07, 6.45) is 0.649. The molecule has 0 aliphatic carbocycles. The van der Waals surface area contributed by atoms with E-state index in [4.69, 9.17) is 0 Å². The fourth-order valence-corrected chi connectivity index (χ4v) is 5.87. The van der Waals surface area contributed by atoms with E-state index in [0.29, 0.717) is 25.3 Å². The summed E-state index contributed by atoms with van der Waals surface area (Å²) in [6, 6.07) is 0. The predicted molar refractivity (Wildman–Crippen MR) is 75.9 cm³/mol. The van der Waals surface area contributed by atoms with E-state index in [1.165, 1.54) is 11.8 Å². The van der Waals surface area contributed by atoms with Crippen molar-refractivity contribution in [2.75, 3.05) is 30.3 Å². The number of hydrogen-bond donors (Lipinski definition) is 1. The van der Waals surface area contributed by atoms with Crippen LogP contribution >= 0.6 is 11.8 Å². The van der Waals surface area contributed by atoms with Crippen LogP contribution < -0.4 is 0 Å². The number of hydrogen-bond acceptors (Lipinski definition) is 5. The Hall–Kier alpha value is -0.270. The second kappa shape index (κ2) is 5.26. The normalized spacial score (nSPS) is 28.4. The summed E-state index contributed by atoms with van der Waals surface area (Å²) in [6.45, 7) is 4.68. The molecule has 1 unspecified atom stereocenters. The molecule has 2 rings (SSSR count). The van der Waals surface area contributed by atoms with Crippen LogP contribution in [-0.4, -0.2) is 65.5 Å². The molecule has 0 radical (unpaired) electrons. The van der Waals surface area contributed by atoms with Crippen molar-refractivity contribution in [3.8, 4) is 0 Å². The molecule has 1 N–H and O–H groups in total. The SMILES string of the molecule is CC(C)C1(O)CN(C(=O)CSC2CCS(=O)(=O)C2)C1. The maximum atomic E-state index is 11.9. The van der Waals surface area contributed by atoms with Crippen molar-refractivity contribution in [1.29, 1.82) is 0 Å². The number of likely N-dealkylation sites (tertiary alicyclic amines) is 1. The van der Waals surface area contributed by atoms with E-state index < -0.39 is 15.4 Å². The zero-order valence-electron chi connectivity index (χ0n) is 11.3. The molecule has 2 heterocycles. The number of amides is 1. The van der Waals surface area contributed by atoms with Gasteiger partial charge in [-0.1, -0.05) is 13.8 Å². The number of carbonyl (C=O) groups excluding carboxylic acids is 1. The van der Waals surface area contributed by atoms with Crippen molar-refractivity contribution in [3.05, 3.63) is 0 Å². The van der Waals surface area contributed by atoms with Crippen LogP contribution in [-0.2, 0) is 14.6 Å². The highest BCUT2D eigenvalue weighted by molar-refractivity contribution is 8.02. The lowest BCUT2D eigenvalue weighted by molar-refractivity contribution is -0.161. The van der Waals surface area contributed by atoms with E-state index in [1.807, 2.05) is 13.8 Å². The minimum atomic E-state index is -2.87. The third-order valence-corrected chi connectivity index (χ3v) is 7.26. The minimum Gasteiger partial charge on any atom is -0.386 e. The van der Waals surface area contributed by atoms with Gasteiger partial charge in [-0.2, -0.15) is 0 Å². The molecule has 2 aliphatic rings. The molecular formula is C12H21NO4S2. The van der Waals surface area contributed by atoms with E-state index in [-0.39, 0.29) is 28.6 Å². The Morgan fingerprint density at radius 1 is 1.47 bits per heavy atom. The number of nitrogens with zero attached hydrogens (tertiary/aromatic N) is 1. The van der Waals surface area contributed by atoms with E-state index >= 15 is 0 Å². The van der Waals surface area contributed by atoms with Gasteiger partial charge in [0.1, 0.15) is 5.60 Å². The van der Waals surface area contributed by atoms with Gasteiger partial charge in [-0.15, -0.1) is 11.8 Å². The Balaban J connectivity index is 1.73. The topological polar surface area (TPSA) is 74.7 Å². The second-order valence-electron chi connectivity index (χ2n) is 5.84. The van der Waals surface area contributed by atoms with E-state index in [1.54, 1.807) is 4.90 Å². The number of aliphatic hydroxyl groups is 1. The number of rotatable bonds is 4. The van der Waals surface area contributed by atoms with Gasteiger partial charge in [0.05, 0.1) is 30.3 Å². The van der Waals surface area contributed by atoms with Crippen molar-refractivity contribution in [2.45, 2.75) is 31.1 Å². The molecule has 19 heavy (non-hydrogen) atoms. The average Bonchev–Trinajstić information content (AvgIpc) is 2.61. The molecule has 1 amide bonds. The first-order chi connectivity index (χ1) is 8.72. The van der Waals surface area contributed by atoms with Crippen LogP contribution in [0.4, 0.5) is 0 Å². The molecule has 0 bridgehead atoms. The van der Waals surface area contributed by atoms with Gasteiger partial charge in [-0.25, -0.2) is 8.42 Å². The predicted octanol–water partition coefficient (Wildman–Crippen LogP) is 0.136. The summed E-state index contributed by atoms with van der Waals surface area (Å²) in [5, 5.41) is 10.1. The first kappa shape index (κ1) is 15.1. The van der Waals surface area contributed by atoms with Gasteiger partial charge in [0.2, 0.25) is 5.91 Å².